The molecule has 0 unspecified atom stereocenters. The molecule has 2 aromatic heterocycles. The molecule has 0 aliphatic rings. The number of hydrogen-bond donors (Lipinski definition) is 2. The Labute approximate surface area is 119 Å². The number of nitrogens with one attached hydrogen (secondary N) is 1. The lowest BCUT2D eigenvalue weighted by Crippen LogP contribution is -1.82. The Kier molecular flexibility index (Phi) is 2.47. The van der Waals surface area contributed by atoms with E-state index in [1.807, 2.05) is 18.2 Å². The molecule has 4 aromatic rings. The Morgan fingerprint density at radius 2 is 1.81 bits per heavy atom. The van der Waals surface area contributed by atoms with E-state index in [1.165, 1.54) is 0 Å². The van der Waals surface area contributed by atoms with Gasteiger partial charge in [-0.1, -0.05) is 5.16 Å². The predicted molar refractivity (Wildman–Crippen MR) is 76.5 cm³/mol. The van der Waals surface area contributed by atoms with Crippen LogP contribution in [0.3, 0.4) is 0 Å². The molecule has 6 heteroatoms. The van der Waals surface area contributed by atoms with Gasteiger partial charge in [0.25, 0.3) is 5.89 Å². The summed E-state index contributed by atoms with van der Waals surface area (Å²) in [6, 6.07) is 12.3. The third kappa shape index (κ3) is 2.02. The SMILES string of the molecule is Oc1ccc(-c2nc(-c3ccc4nc[nH]c4c3)no2)cc1. The van der Waals surface area contributed by atoms with Crippen LogP contribution >= 0.6 is 0 Å². The highest BCUT2D eigenvalue weighted by atomic mass is 16.5. The van der Waals surface area contributed by atoms with E-state index in [2.05, 4.69) is 20.1 Å². The molecule has 6 nitrogen and oxygen atoms in total. The van der Waals surface area contributed by atoms with Gasteiger partial charge in [0.15, 0.2) is 0 Å². The zero-order valence-electron chi connectivity index (χ0n) is 10.8. The lowest BCUT2D eigenvalue weighted by Gasteiger charge is -1.95. The van der Waals surface area contributed by atoms with E-state index in [9.17, 15) is 5.11 Å². The van der Waals surface area contributed by atoms with Crippen LogP contribution in [0.2, 0.25) is 0 Å². The first-order chi connectivity index (χ1) is 10.3. The Hall–Kier alpha value is -3.15. The Morgan fingerprint density at radius 3 is 2.67 bits per heavy atom. The summed E-state index contributed by atoms with van der Waals surface area (Å²) in [6.45, 7) is 0. The molecule has 2 heterocycles. The molecule has 102 valence electrons. The van der Waals surface area contributed by atoms with Crippen molar-refractivity contribution in [1.29, 1.82) is 0 Å². The quantitative estimate of drug-likeness (QED) is 0.588. The lowest BCUT2D eigenvalue weighted by molar-refractivity contribution is 0.432. The molecule has 21 heavy (non-hydrogen) atoms. The molecule has 0 aliphatic carbocycles. The summed E-state index contributed by atoms with van der Waals surface area (Å²) in [5, 5.41) is 13.3. The molecule has 0 bridgehead atoms. The van der Waals surface area contributed by atoms with Crippen LogP contribution in [0, 0.1) is 0 Å². The molecular formula is C15H10N4O2. The van der Waals surface area contributed by atoms with E-state index in [-0.39, 0.29) is 5.75 Å². The van der Waals surface area contributed by atoms with Crippen molar-refractivity contribution in [2.24, 2.45) is 0 Å². The van der Waals surface area contributed by atoms with Gasteiger partial charge in [0.1, 0.15) is 5.75 Å². The predicted octanol–water partition coefficient (Wildman–Crippen LogP) is 2.99. The number of aromatic hydroxyl groups is 1. The molecule has 0 radical (unpaired) electrons. The highest BCUT2D eigenvalue weighted by Gasteiger charge is 2.11. The van der Waals surface area contributed by atoms with Crippen molar-refractivity contribution in [2.45, 2.75) is 0 Å². The van der Waals surface area contributed by atoms with Gasteiger partial charge in [0.05, 0.1) is 17.4 Å². The van der Waals surface area contributed by atoms with Crippen molar-refractivity contribution >= 4 is 11.0 Å². The summed E-state index contributed by atoms with van der Waals surface area (Å²) < 4.78 is 5.27. The third-order valence-electron chi connectivity index (χ3n) is 3.22. The normalized spacial score (nSPS) is 11.0. The number of imidazole rings is 1. The zero-order valence-corrected chi connectivity index (χ0v) is 10.8. The van der Waals surface area contributed by atoms with Crippen LogP contribution in [0.4, 0.5) is 0 Å². The van der Waals surface area contributed by atoms with E-state index >= 15 is 0 Å². The van der Waals surface area contributed by atoms with E-state index in [4.69, 9.17) is 4.52 Å². The third-order valence-corrected chi connectivity index (χ3v) is 3.22. The Bertz CT molecular complexity index is 909. The molecular weight excluding hydrogens is 268 g/mol. The van der Waals surface area contributed by atoms with Crippen LogP contribution in [0.5, 0.6) is 5.75 Å². The number of H-pyrrole nitrogens is 1. The Morgan fingerprint density at radius 1 is 1.00 bits per heavy atom. The number of aromatic amines is 1. The van der Waals surface area contributed by atoms with Crippen molar-refractivity contribution in [3.05, 3.63) is 48.8 Å². The second-order valence-electron chi connectivity index (χ2n) is 4.60. The first-order valence-electron chi connectivity index (χ1n) is 6.36. The van der Waals surface area contributed by atoms with Gasteiger partial charge in [-0.3, -0.25) is 0 Å². The van der Waals surface area contributed by atoms with Gasteiger partial charge in [0, 0.05) is 11.1 Å². The van der Waals surface area contributed by atoms with Crippen molar-refractivity contribution < 1.29 is 9.63 Å². The second-order valence-corrected chi connectivity index (χ2v) is 4.60. The maximum absolute atomic E-state index is 9.29. The van der Waals surface area contributed by atoms with Gasteiger partial charge in [-0.05, 0) is 42.5 Å². The number of rotatable bonds is 2. The molecule has 4 rings (SSSR count). The molecule has 0 fully saturated rings. The van der Waals surface area contributed by atoms with Crippen molar-refractivity contribution in [3.63, 3.8) is 0 Å². The summed E-state index contributed by atoms with van der Waals surface area (Å²) in [7, 11) is 0. The maximum Gasteiger partial charge on any atom is 0.258 e. The van der Waals surface area contributed by atoms with Gasteiger partial charge in [0.2, 0.25) is 5.82 Å². The smallest absolute Gasteiger partial charge is 0.258 e. The van der Waals surface area contributed by atoms with E-state index in [1.54, 1.807) is 30.6 Å². The number of phenols is 1. The van der Waals surface area contributed by atoms with Gasteiger partial charge in [-0.2, -0.15) is 4.98 Å². The fraction of sp³-hybridized carbons (Fsp3) is 0. The van der Waals surface area contributed by atoms with E-state index in [0.29, 0.717) is 11.7 Å². The van der Waals surface area contributed by atoms with Gasteiger partial charge >= 0.3 is 0 Å². The summed E-state index contributed by atoms with van der Waals surface area (Å²) in [5.74, 6) is 1.12. The van der Waals surface area contributed by atoms with Gasteiger partial charge in [-0.25, -0.2) is 4.98 Å². The molecule has 0 saturated carbocycles. The second kappa shape index (κ2) is 4.45. The number of aromatic nitrogens is 4. The minimum Gasteiger partial charge on any atom is -0.508 e. The van der Waals surface area contributed by atoms with Crippen molar-refractivity contribution in [1.82, 2.24) is 20.1 Å². The molecule has 0 saturated heterocycles. The monoisotopic (exact) mass is 278 g/mol. The summed E-state index contributed by atoms with van der Waals surface area (Å²) in [5.41, 5.74) is 3.42. The van der Waals surface area contributed by atoms with E-state index in [0.717, 1.165) is 22.2 Å². The van der Waals surface area contributed by atoms with Crippen LogP contribution in [0.1, 0.15) is 0 Å². The fourth-order valence-corrected chi connectivity index (χ4v) is 2.14. The van der Waals surface area contributed by atoms with E-state index < -0.39 is 0 Å². The summed E-state index contributed by atoms with van der Waals surface area (Å²) >= 11 is 0. The average Bonchev–Trinajstić information content (AvgIpc) is 3.16. The number of nitrogens with zero attached hydrogens (tertiary/aromatic N) is 3. The number of phenolic OH excluding ortho intramolecular Hbond substituents is 1. The summed E-state index contributed by atoms with van der Waals surface area (Å²) in [4.78, 5) is 11.6. The maximum atomic E-state index is 9.29. The molecule has 0 aliphatic heterocycles. The number of benzene rings is 2. The summed E-state index contributed by atoms with van der Waals surface area (Å²) in [6.07, 6.45) is 1.65. The van der Waals surface area contributed by atoms with Crippen LogP contribution in [0.25, 0.3) is 33.9 Å². The van der Waals surface area contributed by atoms with Crippen LogP contribution in [-0.4, -0.2) is 25.2 Å². The first-order valence-corrected chi connectivity index (χ1v) is 6.36. The molecule has 2 N–H and O–H groups in total. The molecule has 0 spiro atoms. The van der Waals surface area contributed by atoms with Gasteiger partial charge < -0.3 is 14.6 Å². The molecule has 2 aromatic carbocycles. The first kappa shape index (κ1) is 11.7. The number of fused-ring (bicyclic) bond motifs is 1. The van der Waals surface area contributed by atoms with Crippen molar-refractivity contribution in [3.8, 4) is 28.6 Å². The number of hydrogen-bond acceptors (Lipinski definition) is 5. The average molecular weight is 278 g/mol. The van der Waals surface area contributed by atoms with Crippen molar-refractivity contribution in [2.75, 3.05) is 0 Å². The van der Waals surface area contributed by atoms with Gasteiger partial charge in [-0.15, -0.1) is 0 Å². The minimum atomic E-state index is 0.197. The molecule has 0 atom stereocenters. The highest BCUT2D eigenvalue weighted by molar-refractivity contribution is 5.80. The molecule has 0 amide bonds. The topological polar surface area (TPSA) is 87.8 Å². The Balaban J connectivity index is 1.74. The standard InChI is InChI=1S/C15H10N4O2/c20-11-4-1-9(2-5-11)15-18-14(19-21-15)10-3-6-12-13(7-10)17-8-16-12/h1-8,20H,(H,16,17). The zero-order chi connectivity index (χ0) is 14.2. The fourth-order valence-electron chi connectivity index (χ4n) is 2.14. The van der Waals surface area contributed by atoms with Crippen LogP contribution in [0.15, 0.2) is 53.3 Å². The lowest BCUT2D eigenvalue weighted by atomic mass is 10.2. The largest absolute Gasteiger partial charge is 0.508 e. The highest BCUT2D eigenvalue weighted by Crippen LogP contribution is 2.25. The van der Waals surface area contributed by atoms with Crippen LogP contribution < -0.4 is 0 Å². The van der Waals surface area contributed by atoms with Crippen LogP contribution in [-0.2, 0) is 0 Å². The minimum absolute atomic E-state index is 0.197.